The molecule has 1 saturated heterocycles. The molecule has 1 aromatic rings. The number of nitrogens with one attached hydrogen (secondary N) is 1. The van der Waals surface area contributed by atoms with E-state index in [1.807, 2.05) is 13.0 Å². The number of anilines is 1. The zero-order chi connectivity index (χ0) is 13.8. The lowest BCUT2D eigenvalue weighted by molar-refractivity contribution is -0.122. The molecule has 100 valence electrons. The van der Waals surface area contributed by atoms with Crippen molar-refractivity contribution in [3.63, 3.8) is 0 Å². The highest BCUT2D eigenvalue weighted by molar-refractivity contribution is 5.98. The summed E-state index contributed by atoms with van der Waals surface area (Å²) in [6.07, 6.45) is 0.400. The Balaban J connectivity index is 2.26. The highest BCUT2D eigenvalue weighted by atomic mass is 16.3. The van der Waals surface area contributed by atoms with Crippen molar-refractivity contribution >= 4 is 11.6 Å². The molecule has 0 bridgehead atoms. The van der Waals surface area contributed by atoms with Crippen molar-refractivity contribution < 1.29 is 9.90 Å². The fourth-order valence-corrected chi connectivity index (χ4v) is 2.33. The molecule has 5 heteroatoms. The molecule has 1 aliphatic rings. The first-order valence-electron chi connectivity index (χ1n) is 6.34. The van der Waals surface area contributed by atoms with Gasteiger partial charge in [-0.25, -0.2) is 0 Å². The highest BCUT2D eigenvalue weighted by Crippen LogP contribution is 2.20. The molecule has 2 rings (SSSR count). The minimum absolute atomic E-state index is 0.0256. The van der Waals surface area contributed by atoms with Crippen molar-refractivity contribution in [1.82, 2.24) is 5.32 Å². The van der Waals surface area contributed by atoms with Crippen LogP contribution in [0.5, 0.6) is 0 Å². The SMILES string of the molecule is CC1CN(c2cccc(C#N)c2)C(=O)C(CCO)N1. The summed E-state index contributed by atoms with van der Waals surface area (Å²) in [6.45, 7) is 2.54. The molecule has 1 amide bonds. The Labute approximate surface area is 112 Å². The first kappa shape index (κ1) is 13.5. The fourth-order valence-electron chi connectivity index (χ4n) is 2.33. The number of piperazine rings is 1. The summed E-state index contributed by atoms with van der Waals surface area (Å²) in [5, 5.41) is 21.1. The molecule has 0 saturated carbocycles. The van der Waals surface area contributed by atoms with Crippen LogP contribution in [-0.4, -0.2) is 36.2 Å². The number of aliphatic hydroxyl groups is 1. The topological polar surface area (TPSA) is 76.4 Å². The lowest BCUT2D eigenvalue weighted by Gasteiger charge is -2.37. The minimum atomic E-state index is -0.362. The van der Waals surface area contributed by atoms with Gasteiger partial charge >= 0.3 is 0 Å². The van der Waals surface area contributed by atoms with Gasteiger partial charge in [0.15, 0.2) is 0 Å². The van der Waals surface area contributed by atoms with Crippen LogP contribution in [0.3, 0.4) is 0 Å². The van der Waals surface area contributed by atoms with Crippen LogP contribution in [0, 0.1) is 11.3 Å². The smallest absolute Gasteiger partial charge is 0.244 e. The van der Waals surface area contributed by atoms with Crippen LogP contribution in [0.25, 0.3) is 0 Å². The van der Waals surface area contributed by atoms with Crippen LogP contribution >= 0.6 is 0 Å². The second-order valence-corrected chi connectivity index (χ2v) is 4.74. The number of amides is 1. The van der Waals surface area contributed by atoms with E-state index in [4.69, 9.17) is 10.4 Å². The molecule has 1 fully saturated rings. The quantitative estimate of drug-likeness (QED) is 0.835. The van der Waals surface area contributed by atoms with E-state index in [-0.39, 0.29) is 24.6 Å². The largest absolute Gasteiger partial charge is 0.396 e. The Hall–Kier alpha value is -1.90. The second kappa shape index (κ2) is 5.83. The van der Waals surface area contributed by atoms with Gasteiger partial charge in [-0.2, -0.15) is 5.26 Å². The van der Waals surface area contributed by atoms with E-state index in [0.717, 1.165) is 5.69 Å². The maximum Gasteiger partial charge on any atom is 0.244 e. The van der Waals surface area contributed by atoms with Crippen LogP contribution in [0.4, 0.5) is 5.69 Å². The Morgan fingerprint density at radius 1 is 1.58 bits per heavy atom. The molecule has 0 spiro atoms. The molecular formula is C14H17N3O2. The normalized spacial score (nSPS) is 23.2. The van der Waals surface area contributed by atoms with Crippen molar-refractivity contribution in [3.8, 4) is 6.07 Å². The van der Waals surface area contributed by atoms with E-state index >= 15 is 0 Å². The third kappa shape index (κ3) is 2.92. The number of aliphatic hydroxyl groups excluding tert-OH is 1. The first-order valence-corrected chi connectivity index (χ1v) is 6.34. The summed E-state index contributed by atoms with van der Waals surface area (Å²) in [4.78, 5) is 14.0. The van der Waals surface area contributed by atoms with E-state index < -0.39 is 0 Å². The van der Waals surface area contributed by atoms with Crippen molar-refractivity contribution in [2.24, 2.45) is 0 Å². The van der Waals surface area contributed by atoms with Gasteiger partial charge < -0.3 is 15.3 Å². The molecule has 2 N–H and O–H groups in total. The van der Waals surface area contributed by atoms with Gasteiger partial charge in [-0.3, -0.25) is 4.79 Å². The Kier molecular flexibility index (Phi) is 4.15. The fraction of sp³-hybridized carbons (Fsp3) is 0.429. The van der Waals surface area contributed by atoms with Gasteiger partial charge in [0.1, 0.15) is 0 Å². The van der Waals surface area contributed by atoms with Crippen LogP contribution in [0.15, 0.2) is 24.3 Å². The van der Waals surface area contributed by atoms with E-state index in [0.29, 0.717) is 18.5 Å². The molecule has 19 heavy (non-hydrogen) atoms. The molecule has 1 heterocycles. The van der Waals surface area contributed by atoms with Crippen LogP contribution in [0.1, 0.15) is 18.9 Å². The van der Waals surface area contributed by atoms with E-state index in [1.165, 1.54) is 0 Å². The Morgan fingerprint density at radius 3 is 3.05 bits per heavy atom. The summed E-state index contributed by atoms with van der Waals surface area (Å²) < 4.78 is 0. The van der Waals surface area contributed by atoms with Crippen LogP contribution in [0.2, 0.25) is 0 Å². The second-order valence-electron chi connectivity index (χ2n) is 4.74. The predicted octanol–water partition coefficient (Wildman–Crippen LogP) is 0.634. The lowest BCUT2D eigenvalue weighted by Crippen LogP contribution is -2.59. The molecule has 2 unspecified atom stereocenters. The summed E-state index contributed by atoms with van der Waals surface area (Å²) in [6, 6.07) is 8.89. The first-order chi connectivity index (χ1) is 9.15. The van der Waals surface area contributed by atoms with Crippen molar-refractivity contribution in [1.29, 1.82) is 5.26 Å². The maximum atomic E-state index is 12.3. The molecule has 1 aromatic carbocycles. The number of benzene rings is 1. The van der Waals surface area contributed by atoms with Gasteiger partial charge in [-0.05, 0) is 31.5 Å². The maximum absolute atomic E-state index is 12.3. The average Bonchev–Trinajstić information content (AvgIpc) is 2.43. The summed E-state index contributed by atoms with van der Waals surface area (Å²) in [5.74, 6) is -0.0535. The van der Waals surface area contributed by atoms with Crippen LogP contribution < -0.4 is 10.2 Å². The number of carbonyl (C=O) groups is 1. The lowest BCUT2D eigenvalue weighted by atomic mass is 10.1. The summed E-state index contributed by atoms with van der Waals surface area (Å²) in [5.41, 5.74) is 1.27. The van der Waals surface area contributed by atoms with Gasteiger partial charge in [0.25, 0.3) is 0 Å². The van der Waals surface area contributed by atoms with Crippen molar-refractivity contribution in [3.05, 3.63) is 29.8 Å². The number of hydrogen-bond donors (Lipinski definition) is 2. The van der Waals surface area contributed by atoms with Gasteiger partial charge in [0, 0.05) is 24.9 Å². The Morgan fingerprint density at radius 2 is 2.37 bits per heavy atom. The monoisotopic (exact) mass is 259 g/mol. The number of nitriles is 1. The number of hydrogen-bond acceptors (Lipinski definition) is 4. The van der Waals surface area contributed by atoms with Gasteiger partial charge in [-0.1, -0.05) is 6.07 Å². The number of rotatable bonds is 3. The third-order valence-electron chi connectivity index (χ3n) is 3.21. The van der Waals surface area contributed by atoms with E-state index in [1.54, 1.807) is 23.1 Å². The van der Waals surface area contributed by atoms with Crippen LogP contribution in [-0.2, 0) is 4.79 Å². The molecule has 5 nitrogen and oxygen atoms in total. The molecule has 2 atom stereocenters. The molecule has 1 aliphatic heterocycles. The van der Waals surface area contributed by atoms with E-state index in [2.05, 4.69) is 11.4 Å². The third-order valence-corrected chi connectivity index (χ3v) is 3.21. The zero-order valence-corrected chi connectivity index (χ0v) is 10.8. The number of nitrogens with zero attached hydrogens (tertiary/aromatic N) is 2. The molecular weight excluding hydrogens is 242 g/mol. The molecule has 0 radical (unpaired) electrons. The summed E-state index contributed by atoms with van der Waals surface area (Å²) >= 11 is 0. The van der Waals surface area contributed by atoms with Crippen molar-refractivity contribution in [2.45, 2.75) is 25.4 Å². The zero-order valence-electron chi connectivity index (χ0n) is 10.8. The average molecular weight is 259 g/mol. The summed E-state index contributed by atoms with van der Waals surface area (Å²) in [7, 11) is 0. The van der Waals surface area contributed by atoms with Gasteiger partial charge in [0.2, 0.25) is 5.91 Å². The predicted molar refractivity (Wildman–Crippen MR) is 71.6 cm³/mol. The van der Waals surface area contributed by atoms with Gasteiger partial charge in [-0.15, -0.1) is 0 Å². The van der Waals surface area contributed by atoms with E-state index in [9.17, 15) is 4.79 Å². The number of carbonyl (C=O) groups excluding carboxylic acids is 1. The molecule has 0 aliphatic carbocycles. The Bertz CT molecular complexity index is 510. The van der Waals surface area contributed by atoms with Crippen molar-refractivity contribution in [2.75, 3.05) is 18.1 Å². The highest BCUT2D eigenvalue weighted by Gasteiger charge is 2.32. The molecule has 0 aromatic heterocycles. The minimum Gasteiger partial charge on any atom is -0.396 e. The standard InChI is InChI=1S/C14H17N3O2/c1-10-9-17(14(19)13(16-10)5-6-18)12-4-2-3-11(7-12)8-15/h2-4,7,10,13,16,18H,5-6,9H2,1H3. The van der Waals surface area contributed by atoms with Gasteiger partial charge in [0.05, 0.1) is 17.7 Å².